The van der Waals surface area contributed by atoms with E-state index in [9.17, 15) is 9.59 Å². The number of piperidine rings is 1. The number of likely N-dealkylation sites (tertiary alicyclic amines) is 1. The summed E-state index contributed by atoms with van der Waals surface area (Å²) in [6.45, 7) is 1.55. The summed E-state index contributed by atoms with van der Waals surface area (Å²) in [6, 6.07) is 16.8. The number of hydrogen-bond acceptors (Lipinski definition) is 4. The van der Waals surface area contributed by atoms with E-state index in [1.807, 2.05) is 47.4 Å². The maximum atomic E-state index is 12.5. The molecule has 6 heteroatoms. The van der Waals surface area contributed by atoms with Gasteiger partial charge in [0.25, 0.3) is 5.91 Å². The average Bonchev–Trinajstić information content (AvgIpc) is 3.25. The van der Waals surface area contributed by atoms with Crippen LogP contribution in [0.1, 0.15) is 35.3 Å². The number of hydrogen-bond donors (Lipinski definition) is 1. The molecule has 2 heterocycles. The van der Waals surface area contributed by atoms with Crippen molar-refractivity contribution in [3.63, 3.8) is 0 Å². The number of nitrogens with one attached hydrogen (secondary N) is 1. The van der Waals surface area contributed by atoms with Crippen molar-refractivity contribution in [2.45, 2.75) is 25.7 Å². The zero-order valence-electron chi connectivity index (χ0n) is 16.1. The Balaban J connectivity index is 1.38. The maximum Gasteiger partial charge on any atom is 0.275 e. The molecule has 0 unspecified atom stereocenters. The number of carbonyl (C=O) groups excluding carboxylic acids is 2. The fourth-order valence-electron chi connectivity index (χ4n) is 3.45. The largest absolute Gasteiger partial charge is 0.444 e. The Hall–Kier alpha value is -3.41. The first-order valence-corrected chi connectivity index (χ1v) is 9.88. The zero-order chi connectivity index (χ0) is 20.1. The monoisotopic (exact) mass is 389 g/mol. The second kappa shape index (κ2) is 8.73. The predicted octanol–water partition coefficient (Wildman–Crippen LogP) is 4.15. The third-order valence-electron chi connectivity index (χ3n) is 4.99. The Bertz CT molecular complexity index is 974. The molecule has 0 radical (unpaired) electrons. The number of amides is 2. The molecule has 0 spiro atoms. The standard InChI is InChI=1S/C23H23N3O3/c27-21(15-17-7-3-1-4-8-17)24-19-11-9-18(10-12-19)22-25-20(16-29-22)23(28)26-13-5-2-6-14-26/h1,3-4,7-12,16H,2,5-6,13-15H2,(H,24,27). The molecule has 1 aliphatic rings. The smallest absolute Gasteiger partial charge is 0.275 e. The van der Waals surface area contributed by atoms with E-state index >= 15 is 0 Å². The van der Waals surface area contributed by atoms with E-state index in [-0.39, 0.29) is 11.8 Å². The molecule has 148 valence electrons. The molecule has 2 aromatic carbocycles. The number of carbonyl (C=O) groups is 2. The minimum absolute atomic E-state index is 0.0745. The van der Waals surface area contributed by atoms with Crippen molar-refractivity contribution in [2.24, 2.45) is 0 Å². The third-order valence-corrected chi connectivity index (χ3v) is 4.99. The first kappa shape index (κ1) is 18.9. The van der Waals surface area contributed by atoms with Crippen LogP contribution in [0.15, 0.2) is 65.3 Å². The summed E-state index contributed by atoms with van der Waals surface area (Å²) in [6.07, 6.45) is 4.98. The minimum atomic E-state index is -0.0792. The summed E-state index contributed by atoms with van der Waals surface area (Å²) in [5.74, 6) is 0.242. The molecule has 0 bridgehead atoms. The molecule has 1 N–H and O–H groups in total. The summed E-state index contributed by atoms with van der Waals surface area (Å²) < 4.78 is 5.52. The molecular formula is C23H23N3O3. The number of anilines is 1. The fraction of sp³-hybridized carbons (Fsp3) is 0.261. The molecule has 6 nitrogen and oxygen atoms in total. The van der Waals surface area contributed by atoms with Crippen molar-refractivity contribution < 1.29 is 14.0 Å². The van der Waals surface area contributed by atoms with Gasteiger partial charge in [0.05, 0.1) is 6.42 Å². The topological polar surface area (TPSA) is 75.4 Å². The molecule has 4 rings (SSSR count). The molecule has 2 amide bonds. The number of rotatable bonds is 5. The van der Waals surface area contributed by atoms with Gasteiger partial charge < -0.3 is 14.6 Å². The van der Waals surface area contributed by atoms with Crippen LogP contribution in [0.3, 0.4) is 0 Å². The van der Waals surface area contributed by atoms with Gasteiger partial charge in [0.15, 0.2) is 5.69 Å². The lowest BCUT2D eigenvalue weighted by Gasteiger charge is -2.25. The number of benzene rings is 2. The highest BCUT2D eigenvalue weighted by Crippen LogP contribution is 2.22. The Morgan fingerprint density at radius 2 is 1.69 bits per heavy atom. The molecule has 1 aliphatic heterocycles. The van der Waals surface area contributed by atoms with Crippen LogP contribution in [0, 0.1) is 0 Å². The van der Waals surface area contributed by atoms with Crippen LogP contribution in [0.2, 0.25) is 0 Å². The van der Waals surface area contributed by atoms with Gasteiger partial charge in [-0.1, -0.05) is 30.3 Å². The lowest BCUT2D eigenvalue weighted by Crippen LogP contribution is -2.35. The van der Waals surface area contributed by atoms with Gasteiger partial charge in [0, 0.05) is 24.3 Å². The summed E-state index contributed by atoms with van der Waals surface area (Å²) in [5.41, 5.74) is 2.75. The average molecular weight is 389 g/mol. The van der Waals surface area contributed by atoms with E-state index in [0.717, 1.165) is 37.1 Å². The number of oxazole rings is 1. The Morgan fingerprint density at radius 1 is 0.966 bits per heavy atom. The van der Waals surface area contributed by atoms with Gasteiger partial charge >= 0.3 is 0 Å². The van der Waals surface area contributed by atoms with Gasteiger partial charge in [0.2, 0.25) is 11.8 Å². The Kier molecular flexibility index (Phi) is 5.70. The number of nitrogens with zero attached hydrogens (tertiary/aromatic N) is 2. The molecule has 1 aromatic heterocycles. The first-order valence-electron chi connectivity index (χ1n) is 9.88. The van der Waals surface area contributed by atoms with E-state index in [1.165, 1.54) is 12.7 Å². The van der Waals surface area contributed by atoms with E-state index in [1.54, 1.807) is 12.1 Å². The van der Waals surface area contributed by atoms with Crippen LogP contribution < -0.4 is 5.32 Å². The van der Waals surface area contributed by atoms with Crippen LogP contribution in [0.5, 0.6) is 0 Å². The molecular weight excluding hydrogens is 366 g/mol. The van der Waals surface area contributed by atoms with E-state index in [4.69, 9.17) is 4.42 Å². The normalized spacial score (nSPS) is 13.9. The van der Waals surface area contributed by atoms with Crippen molar-refractivity contribution >= 4 is 17.5 Å². The highest BCUT2D eigenvalue weighted by Gasteiger charge is 2.21. The van der Waals surface area contributed by atoms with Crippen LogP contribution >= 0.6 is 0 Å². The molecule has 1 fully saturated rings. The van der Waals surface area contributed by atoms with Gasteiger partial charge in [0.1, 0.15) is 6.26 Å². The molecule has 29 heavy (non-hydrogen) atoms. The maximum absolute atomic E-state index is 12.5. The minimum Gasteiger partial charge on any atom is -0.444 e. The molecule has 0 atom stereocenters. The van der Waals surface area contributed by atoms with Gasteiger partial charge in [-0.15, -0.1) is 0 Å². The van der Waals surface area contributed by atoms with Crippen molar-refractivity contribution in [1.29, 1.82) is 0 Å². The van der Waals surface area contributed by atoms with Crippen LogP contribution in [-0.2, 0) is 11.2 Å². The van der Waals surface area contributed by atoms with Gasteiger partial charge in [-0.05, 0) is 49.1 Å². The van der Waals surface area contributed by atoms with E-state index < -0.39 is 0 Å². The van der Waals surface area contributed by atoms with E-state index in [2.05, 4.69) is 10.3 Å². The van der Waals surface area contributed by atoms with Crippen molar-refractivity contribution in [1.82, 2.24) is 9.88 Å². The second-order valence-electron chi connectivity index (χ2n) is 7.18. The zero-order valence-corrected chi connectivity index (χ0v) is 16.1. The van der Waals surface area contributed by atoms with Gasteiger partial charge in [-0.3, -0.25) is 9.59 Å². The highest BCUT2D eigenvalue weighted by molar-refractivity contribution is 5.93. The van der Waals surface area contributed by atoms with Crippen molar-refractivity contribution in [3.05, 3.63) is 72.1 Å². The lowest BCUT2D eigenvalue weighted by molar-refractivity contribution is -0.115. The lowest BCUT2D eigenvalue weighted by atomic mass is 10.1. The van der Waals surface area contributed by atoms with Crippen molar-refractivity contribution in [3.8, 4) is 11.5 Å². The SMILES string of the molecule is O=C(Cc1ccccc1)Nc1ccc(-c2nc(C(=O)N3CCCCC3)co2)cc1. The summed E-state index contributed by atoms with van der Waals surface area (Å²) in [4.78, 5) is 30.9. The van der Waals surface area contributed by atoms with Crippen LogP contribution in [0.25, 0.3) is 11.5 Å². The quantitative estimate of drug-likeness (QED) is 0.711. The van der Waals surface area contributed by atoms with Crippen LogP contribution in [0.4, 0.5) is 5.69 Å². The molecule has 0 aliphatic carbocycles. The highest BCUT2D eigenvalue weighted by atomic mass is 16.3. The fourth-order valence-corrected chi connectivity index (χ4v) is 3.45. The van der Waals surface area contributed by atoms with E-state index in [0.29, 0.717) is 23.7 Å². The first-order chi connectivity index (χ1) is 14.2. The summed E-state index contributed by atoms with van der Waals surface area (Å²) >= 11 is 0. The second-order valence-corrected chi connectivity index (χ2v) is 7.18. The summed E-state index contributed by atoms with van der Waals surface area (Å²) in [5, 5.41) is 2.88. The number of aromatic nitrogens is 1. The third kappa shape index (κ3) is 4.71. The molecule has 1 saturated heterocycles. The van der Waals surface area contributed by atoms with Gasteiger partial charge in [-0.25, -0.2) is 4.98 Å². The molecule has 3 aromatic rings. The molecule has 0 saturated carbocycles. The predicted molar refractivity (Wildman–Crippen MR) is 110 cm³/mol. The van der Waals surface area contributed by atoms with Crippen LogP contribution in [-0.4, -0.2) is 34.8 Å². The Labute approximate surface area is 169 Å². The summed E-state index contributed by atoms with van der Waals surface area (Å²) in [7, 11) is 0. The Morgan fingerprint density at radius 3 is 2.41 bits per heavy atom. The van der Waals surface area contributed by atoms with Crippen molar-refractivity contribution in [2.75, 3.05) is 18.4 Å². The van der Waals surface area contributed by atoms with Gasteiger partial charge in [-0.2, -0.15) is 0 Å².